The van der Waals surface area contributed by atoms with Crippen LogP contribution in [0.4, 0.5) is 0 Å². The number of aryl methyl sites for hydroxylation is 2. The molecule has 0 aliphatic carbocycles. The van der Waals surface area contributed by atoms with Crippen molar-refractivity contribution in [2.24, 2.45) is 0 Å². The van der Waals surface area contributed by atoms with Gasteiger partial charge in [-0.05, 0) is 56.5 Å². The monoisotopic (exact) mass is 265 g/mol. The zero-order valence-corrected chi connectivity index (χ0v) is 12.2. The summed E-state index contributed by atoms with van der Waals surface area (Å²) in [7, 11) is 1.68. The van der Waals surface area contributed by atoms with Gasteiger partial charge in [-0.3, -0.25) is 4.79 Å². The first-order valence-electron chi connectivity index (χ1n) is 6.59. The lowest BCUT2D eigenvalue weighted by Gasteiger charge is -2.13. The van der Waals surface area contributed by atoms with Crippen LogP contribution in [0.15, 0.2) is 12.1 Å². The summed E-state index contributed by atoms with van der Waals surface area (Å²) in [6, 6.07) is 4.18. The Kier molecular flexibility index (Phi) is 6.36. The van der Waals surface area contributed by atoms with Gasteiger partial charge in [-0.15, -0.1) is 0 Å². The van der Waals surface area contributed by atoms with Gasteiger partial charge in [0.25, 0.3) is 0 Å². The van der Waals surface area contributed by atoms with E-state index < -0.39 is 0 Å². The van der Waals surface area contributed by atoms with Gasteiger partial charge in [0.2, 0.25) is 0 Å². The number of carbonyl (C=O) groups is 1. The predicted molar refractivity (Wildman–Crippen MR) is 75.7 cm³/mol. The molecule has 0 saturated heterocycles. The average molecular weight is 265 g/mol. The number of rotatable bonds is 7. The zero-order valence-electron chi connectivity index (χ0n) is 12.2. The average Bonchev–Trinajstić information content (AvgIpc) is 2.36. The van der Waals surface area contributed by atoms with Gasteiger partial charge in [-0.1, -0.05) is 6.07 Å². The molecule has 0 bridgehead atoms. The van der Waals surface area contributed by atoms with Crippen molar-refractivity contribution in [2.45, 2.75) is 27.2 Å². The second-order valence-electron chi connectivity index (χ2n) is 4.49. The summed E-state index contributed by atoms with van der Waals surface area (Å²) >= 11 is 0. The number of carbonyl (C=O) groups excluding carboxylic acids is 1. The van der Waals surface area contributed by atoms with Crippen LogP contribution in [0.2, 0.25) is 0 Å². The molecular weight excluding hydrogens is 242 g/mol. The maximum Gasteiger partial charge on any atom is 0.319 e. The molecule has 0 saturated carbocycles. The minimum absolute atomic E-state index is 0.213. The first kappa shape index (κ1) is 15.5. The summed E-state index contributed by atoms with van der Waals surface area (Å²) in [5.41, 5.74) is 3.59. The fourth-order valence-electron chi connectivity index (χ4n) is 2.08. The molecule has 1 aromatic carbocycles. The van der Waals surface area contributed by atoms with Gasteiger partial charge in [0.15, 0.2) is 0 Å². The lowest BCUT2D eigenvalue weighted by atomic mass is 10.0. The van der Waals surface area contributed by atoms with Gasteiger partial charge in [0, 0.05) is 0 Å². The molecule has 0 fully saturated rings. The molecule has 0 aromatic heterocycles. The smallest absolute Gasteiger partial charge is 0.319 e. The molecule has 1 N–H and O–H groups in total. The molecular formula is C15H23NO3. The van der Waals surface area contributed by atoms with Crippen LogP contribution in [0.1, 0.15) is 23.6 Å². The van der Waals surface area contributed by atoms with Crippen molar-refractivity contribution in [2.75, 3.05) is 26.8 Å². The Bertz CT molecular complexity index is 430. The third-order valence-corrected chi connectivity index (χ3v) is 2.92. The quantitative estimate of drug-likeness (QED) is 0.605. The minimum atomic E-state index is -0.213. The van der Waals surface area contributed by atoms with E-state index >= 15 is 0 Å². The van der Waals surface area contributed by atoms with Gasteiger partial charge in [0.1, 0.15) is 5.75 Å². The lowest BCUT2D eigenvalue weighted by molar-refractivity contribution is -0.141. The maximum atomic E-state index is 11.2. The maximum absolute atomic E-state index is 11.2. The van der Waals surface area contributed by atoms with Crippen molar-refractivity contribution in [1.29, 1.82) is 0 Å². The number of nitrogens with one attached hydrogen (secondary N) is 1. The van der Waals surface area contributed by atoms with Crippen molar-refractivity contribution in [1.82, 2.24) is 5.32 Å². The molecule has 4 heteroatoms. The van der Waals surface area contributed by atoms with E-state index in [9.17, 15) is 4.79 Å². The van der Waals surface area contributed by atoms with Gasteiger partial charge in [-0.2, -0.15) is 0 Å². The highest BCUT2D eigenvalue weighted by atomic mass is 16.5. The van der Waals surface area contributed by atoms with Crippen LogP contribution in [-0.2, 0) is 16.0 Å². The molecule has 4 nitrogen and oxygen atoms in total. The second kappa shape index (κ2) is 7.79. The van der Waals surface area contributed by atoms with Crippen LogP contribution in [0.25, 0.3) is 0 Å². The van der Waals surface area contributed by atoms with Crippen LogP contribution in [-0.4, -0.2) is 32.8 Å². The van der Waals surface area contributed by atoms with Crippen LogP contribution >= 0.6 is 0 Å². The van der Waals surface area contributed by atoms with E-state index in [4.69, 9.17) is 9.47 Å². The predicted octanol–water partition coefficient (Wildman–Crippen LogP) is 2.01. The Hall–Kier alpha value is -1.55. The lowest BCUT2D eigenvalue weighted by Crippen LogP contribution is -2.26. The van der Waals surface area contributed by atoms with E-state index in [0.29, 0.717) is 6.61 Å². The van der Waals surface area contributed by atoms with Crippen LogP contribution in [0.3, 0.4) is 0 Å². The van der Waals surface area contributed by atoms with E-state index in [2.05, 4.69) is 25.2 Å². The molecule has 1 aromatic rings. The zero-order chi connectivity index (χ0) is 14.3. The molecule has 0 spiro atoms. The fraction of sp³-hybridized carbons (Fsp3) is 0.533. The highest BCUT2D eigenvalue weighted by Gasteiger charge is 2.08. The van der Waals surface area contributed by atoms with Crippen molar-refractivity contribution in [3.63, 3.8) is 0 Å². The largest absolute Gasteiger partial charge is 0.496 e. The number of hydrogen-bond donors (Lipinski definition) is 1. The Balaban J connectivity index is 2.51. The van der Waals surface area contributed by atoms with Crippen molar-refractivity contribution < 1.29 is 14.3 Å². The molecule has 1 rings (SSSR count). The summed E-state index contributed by atoms with van der Waals surface area (Å²) in [6.07, 6.45) is 0.828. The molecule has 106 valence electrons. The van der Waals surface area contributed by atoms with Crippen LogP contribution in [0, 0.1) is 13.8 Å². The summed E-state index contributed by atoms with van der Waals surface area (Å²) in [6.45, 7) is 7.33. The van der Waals surface area contributed by atoms with E-state index in [1.54, 1.807) is 14.0 Å². The van der Waals surface area contributed by atoms with Gasteiger partial charge >= 0.3 is 5.97 Å². The summed E-state index contributed by atoms with van der Waals surface area (Å²) in [5.74, 6) is 0.700. The van der Waals surface area contributed by atoms with Gasteiger partial charge in [-0.25, -0.2) is 0 Å². The van der Waals surface area contributed by atoms with Crippen LogP contribution in [0.5, 0.6) is 5.75 Å². The summed E-state index contributed by atoms with van der Waals surface area (Å²) < 4.78 is 10.3. The van der Waals surface area contributed by atoms with E-state index in [1.807, 2.05) is 6.07 Å². The number of esters is 1. The first-order valence-corrected chi connectivity index (χ1v) is 6.59. The standard InChI is InChI=1S/C15H23NO3/c1-5-19-15(17)10-16-7-6-13-12(3)8-11(2)9-14(13)18-4/h8-9,16H,5-7,10H2,1-4H3. The minimum Gasteiger partial charge on any atom is -0.496 e. The number of benzene rings is 1. The molecule has 0 atom stereocenters. The number of hydrogen-bond acceptors (Lipinski definition) is 4. The molecule has 19 heavy (non-hydrogen) atoms. The first-order chi connectivity index (χ1) is 9.08. The number of methoxy groups -OCH3 is 1. The highest BCUT2D eigenvalue weighted by Crippen LogP contribution is 2.24. The summed E-state index contributed by atoms with van der Waals surface area (Å²) in [5, 5.41) is 3.08. The van der Waals surface area contributed by atoms with Crippen molar-refractivity contribution in [3.05, 3.63) is 28.8 Å². The van der Waals surface area contributed by atoms with E-state index in [-0.39, 0.29) is 12.5 Å². The molecule has 0 radical (unpaired) electrons. The van der Waals surface area contributed by atoms with Gasteiger partial charge in [0.05, 0.1) is 20.3 Å². The Morgan fingerprint density at radius 3 is 2.68 bits per heavy atom. The normalized spacial score (nSPS) is 10.3. The third-order valence-electron chi connectivity index (χ3n) is 2.92. The molecule has 0 heterocycles. The van der Waals surface area contributed by atoms with E-state index in [1.165, 1.54) is 16.7 Å². The Morgan fingerprint density at radius 1 is 1.32 bits per heavy atom. The number of ether oxygens (including phenoxy) is 2. The molecule has 0 aliphatic rings. The topological polar surface area (TPSA) is 47.6 Å². The third kappa shape index (κ3) is 4.91. The highest BCUT2D eigenvalue weighted by molar-refractivity contribution is 5.71. The Labute approximate surface area is 115 Å². The van der Waals surface area contributed by atoms with Crippen molar-refractivity contribution >= 4 is 5.97 Å². The summed E-state index contributed by atoms with van der Waals surface area (Å²) in [4.78, 5) is 11.2. The second-order valence-corrected chi connectivity index (χ2v) is 4.49. The van der Waals surface area contributed by atoms with Crippen molar-refractivity contribution in [3.8, 4) is 5.75 Å². The molecule has 0 amide bonds. The fourth-order valence-corrected chi connectivity index (χ4v) is 2.08. The van der Waals surface area contributed by atoms with Crippen LogP contribution < -0.4 is 10.1 Å². The van der Waals surface area contributed by atoms with Gasteiger partial charge < -0.3 is 14.8 Å². The van der Waals surface area contributed by atoms with E-state index in [0.717, 1.165) is 18.7 Å². The Morgan fingerprint density at radius 2 is 2.05 bits per heavy atom. The SMILES string of the molecule is CCOC(=O)CNCCc1c(C)cc(C)cc1OC. The molecule has 0 aliphatic heterocycles. The molecule has 0 unspecified atom stereocenters.